The molecule has 0 fully saturated rings. The minimum atomic E-state index is 0.349. The van der Waals surface area contributed by atoms with Gasteiger partial charge in [0.25, 0.3) is 0 Å². The van der Waals surface area contributed by atoms with Gasteiger partial charge in [-0.25, -0.2) is 0 Å². The van der Waals surface area contributed by atoms with Gasteiger partial charge in [-0.3, -0.25) is 0 Å². The molecule has 0 aliphatic carbocycles. The second-order valence-corrected chi connectivity index (χ2v) is 5.37. The van der Waals surface area contributed by atoms with Gasteiger partial charge in [0.15, 0.2) is 5.82 Å². The molecule has 4 nitrogen and oxygen atoms in total. The second-order valence-electron chi connectivity index (χ2n) is 4.46. The molecule has 2 rings (SSSR count). The lowest BCUT2D eigenvalue weighted by Gasteiger charge is -2.17. The first-order chi connectivity index (χ1) is 9.19. The summed E-state index contributed by atoms with van der Waals surface area (Å²) in [5, 5.41) is 7.31. The maximum Gasteiger partial charge on any atom is 0.227 e. The van der Waals surface area contributed by atoms with Crippen molar-refractivity contribution in [3.05, 3.63) is 46.0 Å². The number of rotatable bonds is 6. The van der Waals surface area contributed by atoms with Crippen LogP contribution in [0.4, 0.5) is 0 Å². The molecule has 0 aliphatic rings. The highest BCUT2D eigenvalue weighted by molar-refractivity contribution is 9.10. The quantitative estimate of drug-likeness (QED) is 0.884. The number of nitrogens with zero attached hydrogens (tertiary/aromatic N) is 2. The summed E-state index contributed by atoms with van der Waals surface area (Å²) in [7, 11) is 0. The molecular formula is C14H18BrN3O. The summed E-state index contributed by atoms with van der Waals surface area (Å²) in [4.78, 5) is 4.19. The van der Waals surface area contributed by atoms with Gasteiger partial charge in [-0.15, -0.1) is 0 Å². The van der Waals surface area contributed by atoms with Crippen molar-refractivity contribution in [1.29, 1.82) is 0 Å². The molecule has 0 bridgehead atoms. The highest BCUT2D eigenvalue weighted by Gasteiger charge is 2.09. The van der Waals surface area contributed by atoms with Gasteiger partial charge in [-0.05, 0) is 31.0 Å². The Balaban J connectivity index is 1.89. The van der Waals surface area contributed by atoms with Gasteiger partial charge in [-0.2, -0.15) is 4.98 Å². The largest absolute Gasteiger partial charge is 0.339 e. The maximum atomic E-state index is 5.10. The Bertz CT molecular complexity index is 527. The molecule has 2 aromatic rings. The van der Waals surface area contributed by atoms with Crippen molar-refractivity contribution >= 4 is 15.9 Å². The van der Waals surface area contributed by atoms with E-state index in [2.05, 4.69) is 56.5 Å². The van der Waals surface area contributed by atoms with Crippen molar-refractivity contribution in [2.45, 2.75) is 32.7 Å². The van der Waals surface area contributed by atoms with Crippen LogP contribution in [0.2, 0.25) is 0 Å². The monoisotopic (exact) mass is 323 g/mol. The van der Waals surface area contributed by atoms with Gasteiger partial charge in [0.05, 0.1) is 0 Å². The van der Waals surface area contributed by atoms with E-state index in [0.717, 1.165) is 23.9 Å². The van der Waals surface area contributed by atoms with E-state index in [1.807, 2.05) is 13.0 Å². The third-order valence-corrected chi connectivity index (χ3v) is 3.45. The zero-order valence-electron chi connectivity index (χ0n) is 11.2. The van der Waals surface area contributed by atoms with Gasteiger partial charge in [0.2, 0.25) is 5.89 Å². The van der Waals surface area contributed by atoms with E-state index in [4.69, 9.17) is 4.52 Å². The Kier molecular flexibility index (Phi) is 5.10. The smallest absolute Gasteiger partial charge is 0.227 e. The van der Waals surface area contributed by atoms with Gasteiger partial charge < -0.3 is 9.84 Å². The summed E-state index contributed by atoms with van der Waals surface area (Å²) >= 11 is 3.51. The Hall–Kier alpha value is -1.20. The lowest BCUT2D eigenvalue weighted by atomic mass is 10.0. The fourth-order valence-corrected chi connectivity index (χ4v) is 2.43. The molecular weight excluding hydrogens is 306 g/mol. The maximum absolute atomic E-state index is 5.10. The van der Waals surface area contributed by atoms with Crippen molar-refractivity contribution in [3.63, 3.8) is 0 Å². The molecule has 1 aromatic carbocycles. The predicted molar refractivity (Wildman–Crippen MR) is 77.9 cm³/mol. The van der Waals surface area contributed by atoms with Crippen LogP contribution < -0.4 is 5.32 Å². The normalized spacial score (nSPS) is 12.6. The Morgan fingerprint density at radius 3 is 2.89 bits per heavy atom. The predicted octanol–water partition coefficient (Wildman–Crippen LogP) is 3.42. The van der Waals surface area contributed by atoms with Crippen molar-refractivity contribution in [1.82, 2.24) is 15.5 Å². The molecule has 1 heterocycles. The topological polar surface area (TPSA) is 51.0 Å². The summed E-state index contributed by atoms with van der Waals surface area (Å²) < 4.78 is 6.20. The number of hydrogen-bond acceptors (Lipinski definition) is 4. The van der Waals surface area contributed by atoms with E-state index in [1.54, 1.807) is 0 Å². The molecule has 1 aromatic heterocycles. The molecule has 0 saturated carbocycles. The van der Waals surface area contributed by atoms with E-state index >= 15 is 0 Å². The van der Waals surface area contributed by atoms with Crippen LogP contribution in [0.5, 0.6) is 0 Å². The summed E-state index contributed by atoms with van der Waals surface area (Å²) in [5.74, 6) is 1.38. The van der Waals surface area contributed by atoms with Crippen molar-refractivity contribution in [2.75, 3.05) is 6.54 Å². The number of halogens is 1. The van der Waals surface area contributed by atoms with Gasteiger partial charge >= 0.3 is 0 Å². The number of nitrogens with one attached hydrogen (secondary N) is 1. The molecule has 1 unspecified atom stereocenters. The van der Waals surface area contributed by atoms with Crippen molar-refractivity contribution < 1.29 is 4.52 Å². The van der Waals surface area contributed by atoms with Crippen molar-refractivity contribution in [2.24, 2.45) is 0 Å². The average Bonchev–Trinajstić information content (AvgIpc) is 2.80. The molecule has 0 saturated heterocycles. The van der Waals surface area contributed by atoms with Crippen LogP contribution in [0.25, 0.3) is 0 Å². The summed E-state index contributed by atoms with van der Waals surface area (Å²) in [6, 6.07) is 8.74. The summed E-state index contributed by atoms with van der Waals surface area (Å²) in [6.07, 6.45) is 1.80. The standard InChI is InChI=1S/C14H18BrN3O/c1-3-13(11-5-4-6-12(15)9-11)16-8-7-14-17-10(2)18-19-14/h4-6,9,13,16H,3,7-8H2,1-2H3. The number of hydrogen-bond donors (Lipinski definition) is 1. The highest BCUT2D eigenvalue weighted by Crippen LogP contribution is 2.20. The molecule has 102 valence electrons. The lowest BCUT2D eigenvalue weighted by Crippen LogP contribution is -2.23. The highest BCUT2D eigenvalue weighted by atomic mass is 79.9. The fourth-order valence-electron chi connectivity index (χ4n) is 2.02. The zero-order valence-corrected chi connectivity index (χ0v) is 12.8. The van der Waals surface area contributed by atoms with Crippen LogP contribution in [0, 0.1) is 6.92 Å². The Labute approximate surface area is 121 Å². The van der Waals surface area contributed by atoms with Crippen molar-refractivity contribution in [3.8, 4) is 0 Å². The van der Waals surface area contributed by atoms with Crippen LogP contribution in [-0.2, 0) is 6.42 Å². The van der Waals surface area contributed by atoms with Crippen LogP contribution in [0.1, 0.15) is 36.7 Å². The molecule has 1 atom stereocenters. The summed E-state index contributed by atoms with van der Waals surface area (Å²) in [6.45, 7) is 4.83. The van der Waals surface area contributed by atoms with Gasteiger partial charge in [0.1, 0.15) is 0 Å². The van der Waals surface area contributed by atoms with Crippen LogP contribution in [0.15, 0.2) is 33.3 Å². The first-order valence-corrected chi connectivity index (χ1v) is 7.26. The number of aryl methyl sites for hydroxylation is 1. The summed E-state index contributed by atoms with van der Waals surface area (Å²) in [5.41, 5.74) is 1.29. The zero-order chi connectivity index (χ0) is 13.7. The molecule has 0 radical (unpaired) electrons. The van der Waals surface area contributed by atoms with E-state index in [-0.39, 0.29) is 0 Å². The Morgan fingerprint density at radius 1 is 1.42 bits per heavy atom. The van der Waals surface area contributed by atoms with Gasteiger partial charge in [-0.1, -0.05) is 40.1 Å². The lowest BCUT2D eigenvalue weighted by molar-refractivity contribution is 0.368. The SMILES string of the molecule is CCC(NCCc1nc(C)no1)c1cccc(Br)c1. The van der Waals surface area contributed by atoms with Gasteiger partial charge in [0, 0.05) is 23.5 Å². The van der Waals surface area contributed by atoms with E-state index < -0.39 is 0 Å². The van der Waals surface area contributed by atoms with Crippen LogP contribution in [0.3, 0.4) is 0 Å². The fraction of sp³-hybridized carbons (Fsp3) is 0.429. The van der Waals surface area contributed by atoms with E-state index in [9.17, 15) is 0 Å². The minimum absolute atomic E-state index is 0.349. The molecule has 19 heavy (non-hydrogen) atoms. The molecule has 1 N–H and O–H groups in total. The van der Waals surface area contributed by atoms with Crippen LogP contribution >= 0.6 is 15.9 Å². The minimum Gasteiger partial charge on any atom is -0.339 e. The third-order valence-electron chi connectivity index (χ3n) is 2.96. The number of benzene rings is 1. The van der Waals surface area contributed by atoms with E-state index in [1.165, 1.54) is 5.56 Å². The van der Waals surface area contributed by atoms with E-state index in [0.29, 0.717) is 17.8 Å². The molecule has 0 aliphatic heterocycles. The third kappa shape index (κ3) is 4.14. The molecule has 0 amide bonds. The first kappa shape index (κ1) is 14.2. The molecule has 5 heteroatoms. The second kappa shape index (κ2) is 6.82. The first-order valence-electron chi connectivity index (χ1n) is 6.47. The Morgan fingerprint density at radius 2 is 2.26 bits per heavy atom. The number of aromatic nitrogens is 2. The van der Waals surface area contributed by atoms with Crippen LogP contribution in [-0.4, -0.2) is 16.7 Å². The average molecular weight is 324 g/mol. The molecule has 0 spiro atoms.